The van der Waals surface area contributed by atoms with Crippen LogP contribution in [0.2, 0.25) is 0 Å². The van der Waals surface area contributed by atoms with Crippen LogP contribution in [0, 0.1) is 6.92 Å². The molecule has 1 fully saturated rings. The summed E-state index contributed by atoms with van der Waals surface area (Å²) in [4.78, 5) is 12.1. The third-order valence-electron chi connectivity index (χ3n) is 3.49. The van der Waals surface area contributed by atoms with Crippen molar-refractivity contribution in [1.29, 1.82) is 0 Å². The average molecular weight is 236 g/mol. The smallest absolute Gasteiger partial charge is 0.268 e. The molecule has 1 aliphatic rings. The summed E-state index contributed by atoms with van der Waals surface area (Å²) < 4.78 is 7.47. The van der Waals surface area contributed by atoms with Crippen LogP contribution >= 0.6 is 0 Å². The van der Waals surface area contributed by atoms with E-state index in [2.05, 4.69) is 5.32 Å². The lowest BCUT2D eigenvalue weighted by Crippen LogP contribution is -2.41. The van der Waals surface area contributed by atoms with Crippen LogP contribution in [0.3, 0.4) is 0 Å². The molecule has 1 saturated heterocycles. The van der Waals surface area contributed by atoms with Gasteiger partial charge in [-0.25, -0.2) is 0 Å². The average Bonchev–Trinajstić information content (AvgIpc) is 2.90. The maximum atomic E-state index is 12.1. The molecule has 0 radical (unpaired) electrons. The zero-order valence-corrected chi connectivity index (χ0v) is 10.7. The second-order valence-electron chi connectivity index (χ2n) is 4.73. The summed E-state index contributed by atoms with van der Waals surface area (Å²) in [5, 5.41) is 3.01. The topological polar surface area (TPSA) is 43.3 Å². The highest BCUT2D eigenvalue weighted by molar-refractivity contribution is 5.93. The summed E-state index contributed by atoms with van der Waals surface area (Å²) in [6.45, 7) is 4.80. The minimum absolute atomic E-state index is 0.0244. The Bertz CT molecular complexity index is 406. The van der Waals surface area contributed by atoms with Crippen molar-refractivity contribution < 1.29 is 9.53 Å². The van der Waals surface area contributed by atoms with Crippen LogP contribution in [0.15, 0.2) is 12.1 Å². The van der Waals surface area contributed by atoms with Gasteiger partial charge in [0.05, 0.1) is 12.1 Å². The Morgan fingerprint density at radius 2 is 2.35 bits per heavy atom. The molecule has 0 aromatic carbocycles. The molecule has 4 nitrogen and oxygen atoms in total. The van der Waals surface area contributed by atoms with Gasteiger partial charge in [-0.2, -0.15) is 0 Å². The predicted molar refractivity (Wildman–Crippen MR) is 66.1 cm³/mol. The lowest BCUT2D eigenvalue weighted by atomic mass is 10.1. The molecule has 2 atom stereocenters. The molecule has 2 rings (SSSR count). The second kappa shape index (κ2) is 4.92. The molecule has 1 aromatic rings. The highest BCUT2D eigenvalue weighted by atomic mass is 16.5. The maximum Gasteiger partial charge on any atom is 0.268 e. The molecule has 1 amide bonds. The number of nitrogens with one attached hydrogen (secondary N) is 1. The molecule has 4 heteroatoms. The van der Waals surface area contributed by atoms with Crippen LogP contribution in [0.25, 0.3) is 0 Å². The quantitative estimate of drug-likeness (QED) is 0.867. The lowest BCUT2D eigenvalue weighted by Gasteiger charge is -2.20. The van der Waals surface area contributed by atoms with Crippen LogP contribution in [-0.2, 0) is 11.8 Å². The van der Waals surface area contributed by atoms with Crippen molar-refractivity contribution in [2.75, 3.05) is 6.61 Å². The van der Waals surface area contributed by atoms with Crippen molar-refractivity contribution in [3.63, 3.8) is 0 Å². The fraction of sp³-hybridized carbons (Fsp3) is 0.615. The van der Waals surface area contributed by atoms with E-state index in [1.165, 1.54) is 0 Å². The Labute approximate surface area is 102 Å². The standard InChI is InChI=1S/C13H20N2O2/c1-9-6-7-11(15(9)3)13(16)14-10(2)12-5-4-8-17-12/h6-7,10,12H,4-5,8H2,1-3H3,(H,14,16)/t10-,12-/m0/s1. The van der Waals surface area contributed by atoms with Gasteiger partial charge < -0.3 is 14.6 Å². The van der Waals surface area contributed by atoms with E-state index in [0.717, 1.165) is 25.1 Å². The van der Waals surface area contributed by atoms with Crippen molar-refractivity contribution in [3.8, 4) is 0 Å². The summed E-state index contributed by atoms with van der Waals surface area (Å²) in [6, 6.07) is 3.87. The first kappa shape index (κ1) is 12.2. The number of nitrogens with zero attached hydrogens (tertiary/aromatic N) is 1. The molecule has 17 heavy (non-hydrogen) atoms. The summed E-state index contributed by atoms with van der Waals surface area (Å²) >= 11 is 0. The van der Waals surface area contributed by atoms with Gasteiger partial charge in [-0.3, -0.25) is 4.79 Å². The Hall–Kier alpha value is -1.29. The molecule has 1 aliphatic heterocycles. The highest BCUT2D eigenvalue weighted by Crippen LogP contribution is 2.16. The fourth-order valence-corrected chi connectivity index (χ4v) is 2.21. The largest absolute Gasteiger partial charge is 0.376 e. The number of ether oxygens (including phenoxy) is 1. The summed E-state index contributed by atoms with van der Waals surface area (Å²) in [5.41, 5.74) is 1.78. The fourth-order valence-electron chi connectivity index (χ4n) is 2.21. The number of amides is 1. The number of carbonyl (C=O) groups is 1. The minimum Gasteiger partial charge on any atom is -0.376 e. The van der Waals surface area contributed by atoms with Gasteiger partial charge in [0.15, 0.2) is 0 Å². The van der Waals surface area contributed by atoms with Gasteiger partial charge in [-0.1, -0.05) is 0 Å². The number of carbonyl (C=O) groups excluding carboxylic acids is 1. The number of aromatic nitrogens is 1. The van der Waals surface area contributed by atoms with Gasteiger partial charge in [-0.15, -0.1) is 0 Å². The van der Waals surface area contributed by atoms with E-state index in [0.29, 0.717) is 5.69 Å². The van der Waals surface area contributed by atoms with Crippen molar-refractivity contribution in [3.05, 3.63) is 23.5 Å². The van der Waals surface area contributed by atoms with Crippen molar-refractivity contribution in [2.24, 2.45) is 7.05 Å². The molecule has 0 bridgehead atoms. The molecule has 2 heterocycles. The second-order valence-corrected chi connectivity index (χ2v) is 4.73. The van der Waals surface area contributed by atoms with Crippen molar-refractivity contribution in [1.82, 2.24) is 9.88 Å². The Kier molecular flexibility index (Phi) is 3.52. The molecule has 0 aliphatic carbocycles. The summed E-state index contributed by atoms with van der Waals surface area (Å²) in [6.07, 6.45) is 2.29. The lowest BCUT2D eigenvalue weighted by molar-refractivity contribution is 0.0707. The zero-order chi connectivity index (χ0) is 12.4. The van der Waals surface area contributed by atoms with Crippen LogP contribution in [0.5, 0.6) is 0 Å². The summed E-state index contributed by atoms with van der Waals surface area (Å²) in [7, 11) is 1.90. The van der Waals surface area contributed by atoms with Gasteiger partial charge in [0.2, 0.25) is 0 Å². The van der Waals surface area contributed by atoms with Gasteiger partial charge >= 0.3 is 0 Å². The van der Waals surface area contributed by atoms with E-state index in [4.69, 9.17) is 4.74 Å². The first-order valence-electron chi connectivity index (χ1n) is 6.14. The van der Waals surface area contributed by atoms with E-state index in [1.54, 1.807) is 0 Å². The molecular weight excluding hydrogens is 216 g/mol. The minimum atomic E-state index is -0.0244. The highest BCUT2D eigenvalue weighted by Gasteiger charge is 2.24. The maximum absolute atomic E-state index is 12.1. The Morgan fingerprint density at radius 1 is 1.59 bits per heavy atom. The van der Waals surface area contributed by atoms with Crippen LogP contribution in [0.1, 0.15) is 35.9 Å². The Morgan fingerprint density at radius 3 is 2.88 bits per heavy atom. The zero-order valence-electron chi connectivity index (χ0n) is 10.7. The van der Waals surface area contributed by atoms with Crippen LogP contribution in [-0.4, -0.2) is 29.2 Å². The molecule has 1 aromatic heterocycles. The first-order valence-corrected chi connectivity index (χ1v) is 6.14. The molecule has 1 N–H and O–H groups in total. The predicted octanol–water partition coefficient (Wildman–Crippen LogP) is 1.63. The number of aryl methyl sites for hydroxylation is 1. The van der Waals surface area contributed by atoms with Crippen molar-refractivity contribution in [2.45, 2.75) is 38.8 Å². The third-order valence-corrected chi connectivity index (χ3v) is 3.49. The van der Waals surface area contributed by atoms with Crippen LogP contribution in [0.4, 0.5) is 0 Å². The van der Waals surface area contributed by atoms with E-state index < -0.39 is 0 Å². The van der Waals surface area contributed by atoms with E-state index in [1.807, 2.05) is 37.6 Å². The monoisotopic (exact) mass is 236 g/mol. The van der Waals surface area contributed by atoms with Crippen LogP contribution < -0.4 is 5.32 Å². The Balaban J connectivity index is 1.99. The number of hydrogen-bond acceptors (Lipinski definition) is 2. The van der Waals surface area contributed by atoms with Gasteiger partial charge in [0.25, 0.3) is 5.91 Å². The van der Waals surface area contributed by atoms with Gasteiger partial charge in [0, 0.05) is 19.3 Å². The van der Waals surface area contributed by atoms with Crippen molar-refractivity contribution >= 4 is 5.91 Å². The summed E-state index contributed by atoms with van der Waals surface area (Å²) in [5.74, 6) is -0.0244. The SMILES string of the molecule is Cc1ccc(C(=O)N[C@@H](C)[C@@H]2CCCO2)n1C. The van der Waals surface area contributed by atoms with E-state index in [9.17, 15) is 4.79 Å². The molecular formula is C13H20N2O2. The number of hydrogen-bond donors (Lipinski definition) is 1. The number of rotatable bonds is 3. The van der Waals surface area contributed by atoms with E-state index in [-0.39, 0.29) is 18.1 Å². The third kappa shape index (κ3) is 2.52. The normalized spacial score (nSPS) is 21.5. The molecule has 0 unspecified atom stereocenters. The molecule has 0 saturated carbocycles. The molecule has 94 valence electrons. The first-order chi connectivity index (χ1) is 8.09. The van der Waals surface area contributed by atoms with Gasteiger partial charge in [-0.05, 0) is 38.8 Å². The molecule has 0 spiro atoms. The van der Waals surface area contributed by atoms with E-state index >= 15 is 0 Å². The van der Waals surface area contributed by atoms with Gasteiger partial charge in [0.1, 0.15) is 5.69 Å².